The van der Waals surface area contributed by atoms with E-state index in [4.69, 9.17) is 0 Å². The van der Waals surface area contributed by atoms with Gasteiger partial charge in [0, 0.05) is 0 Å². The van der Waals surface area contributed by atoms with E-state index < -0.39 is 0 Å². The molecule has 0 N–H and O–H groups in total. The molecule has 0 aliphatic heterocycles. The van der Waals surface area contributed by atoms with Crippen LogP contribution >= 0.6 is 25.4 Å². The summed E-state index contributed by atoms with van der Waals surface area (Å²) in [4.78, 5) is 1.30. The number of hydrogen-bond acceptors (Lipinski definition) is 1. The number of halogens is 1. The summed E-state index contributed by atoms with van der Waals surface area (Å²) in [5.41, 5.74) is 0. The Morgan fingerprint density at radius 1 is 1.40 bits per heavy atom. The van der Waals surface area contributed by atoms with E-state index in [0.717, 1.165) is 0 Å². The van der Waals surface area contributed by atoms with Crippen LogP contribution in [0, 0.1) is 6.07 Å². The van der Waals surface area contributed by atoms with Crippen LogP contribution in [-0.2, 0) is 16.3 Å². The Morgan fingerprint density at radius 3 is 2.20 bits per heavy atom. The van der Waals surface area contributed by atoms with Crippen LogP contribution in [0.3, 0.4) is 0 Å². The molecule has 0 spiro atoms. The summed E-state index contributed by atoms with van der Waals surface area (Å²) < 4.78 is 0. The average molecular weight is 268 g/mol. The fraction of sp³-hybridized carbons (Fsp3) is 0.143. The van der Waals surface area contributed by atoms with Gasteiger partial charge in [-0.15, -0.1) is 4.90 Å². The van der Waals surface area contributed by atoms with Gasteiger partial charge in [0.25, 0.3) is 0 Å². The quantitative estimate of drug-likeness (QED) is 0.428. The maximum atomic E-state index is 3.06. The summed E-state index contributed by atoms with van der Waals surface area (Å²) in [5.74, 6) is 0. The van der Waals surface area contributed by atoms with Crippen LogP contribution in [-0.4, -0.2) is 6.26 Å². The van der Waals surface area contributed by atoms with Crippen molar-refractivity contribution >= 4 is 25.4 Å². The molecule has 1 aromatic carbocycles. The molecule has 0 aromatic heterocycles. The first kappa shape index (κ1) is 10.7. The minimum atomic E-state index is 1.19. The van der Waals surface area contributed by atoms with Crippen LogP contribution in [0.4, 0.5) is 0 Å². The van der Waals surface area contributed by atoms with Crippen molar-refractivity contribution in [2.45, 2.75) is 4.90 Å². The second kappa shape index (κ2) is 7.78. The van der Waals surface area contributed by atoms with Gasteiger partial charge in [0.2, 0.25) is 0 Å². The van der Waals surface area contributed by atoms with Gasteiger partial charge >= 0.3 is 30.0 Å². The van der Waals surface area contributed by atoms with E-state index in [1.807, 2.05) is 24.3 Å². The van der Waals surface area contributed by atoms with Crippen molar-refractivity contribution in [2.75, 3.05) is 6.26 Å². The molecule has 0 saturated carbocycles. The fourth-order valence-electron chi connectivity index (χ4n) is 0.508. The van der Waals surface area contributed by atoms with Crippen molar-refractivity contribution in [3.05, 3.63) is 30.3 Å². The summed E-state index contributed by atoms with van der Waals surface area (Å²) in [6, 6.07) is 10.9. The van der Waals surface area contributed by atoms with E-state index in [1.165, 1.54) is 21.2 Å². The molecular weight excluding hydrogens is 261 g/mol. The predicted octanol–water partition coefficient (Wildman–Crippen LogP) is 3.05. The zero-order chi connectivity index (χ0) is 7.82. The van der Waals surface area contributed by atoms with Gasteiger partial charge in [-0.1, -0.05) is 0 Å². The summed E-state index contributed by atoms with van der Waals surface area (Å²) in [6.07, 6.45) is 2.06. The molecule has 0 unspecified atom stereocenters. The van der Waals surface area contributed by atoms with Gasteiger partial charge in [-0.2, -0.15) is 42.1 Å². The molecule has 0 aliphatic carbocycles. The van der Waals surface area contributed by atoms with E-state index in [0.29, 0.717) is 0 Å². The molecule has 0 aliphatic rings. The van der Waals surface area contributed by atoms with Gasteiger partial charge in [-0.05, 0) is 6.26 Å². The Kier molecular flexibility index (Phi) is 8.30. The van der Waals surface area contributed by atoms with Gasteiger partial charge in [0.15, 0.2) is 0 Å². The summed E-state index contributed by atoms with van der Waals surface area (Å²) in [5, 5.41) is 0. The number of thioether (sulfide) groups is 1. The van der Waals surface area contributed by atoms with Gasteiger partial charge in [-0.25, -0.2) is 0 Å². The van der Waals surface area contributed by atoms with Crippen LogP contribution in [0.1, 0.15) is 0 Å². The molecule has 10 heavy (non-hydrogen) atoms. The van der Waals surface area contributed by atoms with E-state index >= 15 is 0 Å². The number of rotatable bonds is 1. The number of benzene rings is 1. The molecule has 1 aromatic rings. The fourth-order valence-corrected chi connectivity index (χ4v) is 0.916. The van der Waals surface area contributed by atoms with Crippen LogP contribution in [0.25, 0.3) is 0 Å². The molecule has 0 bridgehead atoms. The standard InChI is InChI=1S/C7H7S.BrH.Zn/c1-8-7-5-3-2-4-6-7;;/h3-6H,1H3;1H;/q-1;;+2/p-1. The second-order valence-corrected chi connectivity index (χ2v) is 2.32. The molecule has 3 heteroatoms. The molecular formula is C7H7BrSZn. The summed E-state index contributed by atoms with van der Waals surface area (Å²) in [7, 11) is 0. The summed E-state index contributed by atoms with van der Waals surface area (Å²) >= 11 is 6.00. The molecule has 0 amide bonds. The predicted molar refractivity (Wildman–Crippen MR) is 46.0 cm³/mol. The van der Waals surface area contributed by atoms with Crippen LogP contribution in [0.5, 0.6) is 0 Å². The van der Waals surface area contributed by atoms with Gasteiger partial charge in [-0.3, -0.25) is 0 Å². The van der Waals surface area contributed by atoms with Crippen molar-refractivity contribution in [3.63, 3.8) is 0 Å². The third-order valence-electron chi connectivity index (χ3n) is 0.923. The molecule has 0 nitrogen and oxygen atoms in total. The Hall–Kier alpha value is 0.673. The Morgan fingerprint density at radius 2 is 1.90 bits per heavy atom. The zero-order valence-corrected chi connectivity index (χ0v) is 11.2. The third kappa shape index (κ3) is 4.48. The first-order chi connectivity index (χ1) is 4.93. The Balaban J connectivity index is 0.000000371. The average Bonchev–Trinajstić information content (AvgIpc) is 2.10. The zero-order valence-electron chi connectivity index (χ0n) is 5.80. The van der Waals surface area contributed by atoms with Crippen LogP contribution in [0.15, 0.2) is 29.2 Å². The first-order valence-corrected chi connectivity index (χ1v) is 10.9. The molecule has 0 atom stereocenters. The van der Waals surface area contributed by atoms with Crippen molar-refractivity contribution in [1.29, 1.82) is 0 Å². The monoisotopic (exact) mass is 266 g/mol. The normalized spacial score (nSPS) is 8.00. The molecule has 0 radical (unpaired) electrons. The van der Waals surface area contributed by atoms with E-state index in [-0.39, 0.29) is 0 Å². The molecule has 1 rings (SSSR count). The second-order valence-electron chi connectivity index (χ2n) is 1.44. The van der Waals surface area contributed by atoms with Crippen molar-refractivity contribution in [3.8, 4) is 0 Å². The van der Waals surface area contributed by atoms with Crippen LogP contribution < -0.4 is 0 Å². The number of hydrogen-bond donors (Lipinski definition) is 0. The van der Waals surface area contributed by atoms with Crippen molar-refractivity contribution < 1.29 is 16.3 Å². The van der Waals surface area contributed by atoms with E-state index in [9.17, 15) is 0 Å². The van der Waals surface area contributed by atoms with E-state index in [1.54, 1.807) is 11.8 Å². The topological polar surface area (TPSA) is 0 Å². The molecule has 0 heterocycles. The third-order valence-corrected chi connectivity index (χ3v) is 1.67. The van der Waals surface area contributed by atoms with Crippen LogP contribution in [0.2, 0.25) is 0 Å². The minimum absolute atomic E-state index is 1.19. The molecule has 0 fully saturated rings. The van der Waals surface area contributed by atoms with Crippen molar-refractivity contribution in [1.82, 2.24) is 0 Å². The Bertz CT molecular complexity index is 155. The maximum absolute atomic E-state index is 3.06. The summed E-state index contributed by atoms with van der Waals surface area (Å²) in [6.45, 7) is 0. The first-order valence-electron chi connectivity index (χ1n) is 2.70. The Labute approximate surface area is 82.8 Å². The van der Waals surface area contributed by atoms with Gasteiger partial charge in [0.05, 0.1) is 0 Å². The van der Waals surface area contributed by atoms with Crippen molar-refractivity contribution in [2.24, 2.45) is 0 Å². The van der Waals surface area contributed by atoms with Gasteiger partial charge < -0.3 is 0 Å². The van der Waals surface area contributed by atoms with E-state index in [2.05, 4.69) is 25.9 Å². The molecule has 50 valence electrons. The van der Waals surface area contributed by atoms with Gasteiger partial charge in [0.1, 0.15) is 0 Å². The molecule has 0 saturated heterocycles. The SMILES string of the molecule is CSc1cc[c-]cc1.[Zn+][Br].